The second-order valence-corrected chi connectivity index (χ2v) is 4.53. The van der Waals surface area contributed by atoms with Crippen LogP contribution in [0.5, 0.6) is 11.5 Å². The van der Waals surface area contributed by atoms with E-state index in [4.69, 9.17) is 9.47 Å². The number of hydrogen-bond donors (Lipinski definition) is 0. The largest absolute Gasteiger partial charge is 0.492 e. The number of para-hydroxylation sites is 2. The lowest BCUT2D eigenvalue weighted by Crippen LogP contribution is -2.22. The van der Waals surface area contributed by atoms with Gasteiger partial charge in [0.1, 0.15) is 17.6 Å². The smallest absolute Gasteiger partial charge is 0.138 e. The Balaban J connectivity index is 1.85. The van der Waals surface area contributed by atoms with Crippen molar-refractivity contribution in [3.63, 3.8) is 0 Å². The average Bonchev–Trinajstić information content (AvgIpc) is 2.78. The molecule has 0 N–H and O–H groups in total. The molecular formula is C15H12O2. The lowest BCUT2D eigenvalue weighted by Gasteiger charge is -2.27. The van der Waals surface area contributed by atoms with E-state index in [1.165, 1.54) is 11.1 Å². The second kappa shape index (κ2) is 3.27. The molecule has 2 atom stereocenters. The van der Waals surface area contributed by atoms with Gasteiger partial charge in [-0.3, -0.25) is 0 Å². The Bertz CT molecular complexity index is 577. The summed E-state index contributed by atoms with van der Waals surface area (Å²) in [6.07, 6.45) is 0.123. The van der Waals surface area contributed by atoms with Crippen molar-refractivity contribution in [1.82, 2.24) is 0 Å². The maximum atomic E-state index is 6.06. The molecular weight excluding hydrogens is 212 g/mol. The molecule has 0 fully saturated rings. The van der Waals surface area contributed by atoms with Gasteiger partial charge in [0.25, 0.3) is 0 Å². The third-order valence-corrected chi connectivity index (χ3v) is 3.58. The first-order chi connectivity index (χ1) is 8.43. The molecule has 0 spiro atoms. The maximum Gasteiger partial charge on any atom is 0.138 e. The fraction of sp³-hybridized carbons (Fsp3) is 0.200. The summed E-state index contributed by atoms with van der Waals surface area (Å²) < 4.78 is 11.9. The third kappa shape index (κ3) is 1.21. The van der Waals surface area contributed by atoms with Crippen molar-refractivity contribution < 1.29 is 9.47 Å². The molecule has 0 saturated heterocycles. The predicted octanol–water partition coefficient (Wildman–Crippen LogP) is 3.30. The Kier molecular flexibility index (Phi) is 1.75. The number of rotatable bonds is 0. The quantitative estimate of drug-likeness (QED) is 0.683. The summed E-state index contributed by atoms with van der Waals surface area (Å²) in [5.41, 5.74) is 2.44. The van der Waals surface area contributed by atoms with E-state index in [0.29, 0.717) is 12.5 Å². The summed E-state index contributed by atoms with van der Waals surface area (Å²) in [5.74, 6) is 2.30. The van der Waals surface area contributed by atoms with Gasteiger partial charge in [0.2, 0.25) is 0 Å². The molecule has 2 heteroatoms. The van der Waals surface area contributed by atoms with Crippen LogP contribution in [0.4, 0.5) is 0 Å². The van der Waals surface area contributed by atoms with Crippen molar-refractivity contribution >= 4 is 0 Å². The molecule has 0 aliphatic carbocycles. The van der Waals surface area contributed by atoms with Crippen LogP contribution in [0.25, 0.3) is 0 Å². The summed E-state index contributed by atoms with van der Waals surface area (Å²) in [5, 5.41) is 0. The maximum absolute atomic E-state index is 6.06. The predicted molar refractivity (Wildman–Crippen MR) is 64.5 cm³/mol. The molecule has 2 nitrogen and oxygen atoms in total. The van der Waals surface area contributed by atoms with E-state index in [1.54, 1.807) is 0 Å². The van der Waals surface area contributed by atoms with Gasteiger partial charge in [0.05, 0.1) is 12.5 Å². The van der Waals surface area contributed by atoms with Gasteiger partial charge in [0, 0.05) is 11.1 Å². The minimum absolute atomic E-state index is 0.123. The number of ether oxygens (including phenoxy) is 2. The molecule has 2 aliphatic heterocycles. The molecule has 0 bridgehead atoms. The van der Waals surface area contributed by atoms with Crippen molar-refractivity contribution in [3.05, 3.63) is 59.7 Å². The van der Waals surface area contributed by atoms with Crippen LogP contribution >= 0.6 is 0 Å². The van der Waals surface area contributed by atoms with Gasteiger partial charge in [0.15, 0.2) is 0 Å². The SMILES string of the molecule is c1ccc2c(c1)OC[C@H]1c3ccccc3O[C@H]21. The summed E-state index contributed by atoms with van der Waals surface area (Å²) in [6.45, 7) is 0.707. The van der Waals surface area contributed by atoms with Crippen LogP contribution in [0.1, 0.15) is 23.1 Å². The molecule has 0 saturated carbocycles. The minimum Gasteiger partial charge on any atom is -0.492 e. The Morgan fingerprint density at radius 3 is 2.41 bits per heavy atom. The highest BCUT2D eigenvalue weighted by Crippen LogP contribution is 2.50. The fourth-order valence-electron chi connectivity index (χ4n) is 2.76. The van der Waals surface area contributed by atoms with Crippen LogP contribution in [0.3, 0.4) is 0 Å². The van der Waals surface area contributed by atoms with Crippen molar-refractivity contribution in [1.29, 1.82) is 0 Å². The first-order valence-corrected chi connectivity index (χ1v) is 5.91. The van der Waals surface area contributed by atoms with E-state index in [-0.39, 0.29) is 6.10 Å². The normalized spacial score (nSPS) is 24.0. The molecule has 4 rings (SSSR count). The number of fused-ring (bicyclic) bond motifs is 5. The lowest BCUT2D eigenvalue weighted by molar-refractivity contribution is 0.139. The van der Waals surface area contributed by atoms with E-state index < -0.39 is 0 Å². The highest BCUT2D eigenvalue weighted by molar-refractivity contribution is 5.48. The van der Waals surface area contributed by atoms with E-state index in [1.807, 2.05) is 30.3 Å². The molecule has 2 aromatic rings. The highest BCUT2D eigenvalue weighted by atomic mass is 16.5. The molecule has 0 amide bonds. The van der Waals surface area contributed by atoms with E-state index in [9.17, 15) is 0 Å². The second-order valence-electron chi connectivity index (χ2n) is 4.53. The summed E-state index contributed by atoms with van der Waals surface area (Å²) in [6, 6.07) is 16.4. The molecule has 2 aliphatic rings. The van der Waals surface area contributed by atoms with Crippen molar-refractivity contribution in [3.8, 4) is 11.5 Å². The van der Waals surface area contributed by atoms with Crippen LogP contribution in [-0.4, -0.2) is 6.61 Å². The van der Waals surface area contributed by atoms with Gasteiger partial charge in [-0.1, -0.05) is 36.4 Å². The van der Waals surface area contributed by atoms with Crippen LogP contribution in [0, 0.1) is 0 Å². The molecule has 84 valence electrons. The lowest BCUT2D eigenvalue weighted by atomic mass is 9.89. The van der Waals surface area contributed by atoms with Gasteiger partial charge in [-0.2, -0.15) is 0 Å². The van der Waals surface area contributed by atoms with Crippen molar-refractivity contribution in [2.24, 2.45) is 0 Å². The van der Waals surface area contributed by atoms with Crippen molar-refractivity contribution in [2.75, 3.05) is 6.61 Å². The topological polar surface area (TPSA) is 18.5 Å². The Labute approximate surface area is 99.8 Å². The van der Waals surface area contributed by atoms with E-state index in [2.05, 4.69) is 18.2 Å². The first-order valence-electron chi connectivity index (χ1n) is 5.91. The van der Waals surface area contributed by atoms with Crippen LogP contribution in [0.2, 0.25) is 0 Å². The minimum atomic E-state index is 0.123. The Hall–Kier alpha value is -1.96. The number of hydrogen-bond acceptors (Lipinski definition) is 2. The Morgan fingerprint density at radius 2 is 1.53 bits per heavy atom. The van der Waals surface area contributed by atoms with Gasteiger partial charge in [-0.05, 0) is 12.1 Å². The zero-order valence-corrected chi connectivity index (χ0v) is 9.30. The molecule has 0 radical (unpaired) electrons. The first kappa shape index (κ1) is 9.11. The van der Waals surface area contributed by atoms with E-state index >= 15 is 0 Å². The standard InChI is InChI=1S/C15H12O2/c1-4-8-14-10(5-1)12-9-16-13-7-3-2-6-11(13)15(12)17-14/h1-8,12,15H,9H2/t12-,15+/m0/s1. The highest BCUT2D eigenvalue weighted by Gasteiger charge is 2.40. The van der Waals surface area contributed by atoms with Crippen LogP contribution < -0.4 is 9.47 Å². The zero-order valence-electron chi connectivity index (χ0n) is 9.30. The zero-order chi connectivity index (χ0) is 11.2. The number of benzene rings is 2. The Morgan fingerprint density at radius 1 is 0.824 bits per heavy atom. The molecule has 2 heterocycles. The van der Waals surface area contributed by atoms with Gasteiger partial charge >= 0.3 is 0 Å². The van der Waals surface area contributed by atoms with Crippen molar-refractivity contribution in [2.45, 2.75) is 12.0 Å². The van der Waals surface area contributed by atoms with Crippen LogP contribution in [-0.2, 0) is 0 Å². The molecule has 0 aromatic heterocycles. The monoisotopic (exact) mass is 224 g/mol. The van der Waals surface area contributed by atoms with Gasteiger partial charge in [-0.25, -0.2) is 0 Å². The average molecular weight is 224 g/mol. The fourth-order valence-corrected chi connectivity index (χ4v) is 2.76. The summed E-state index contributed by atoms with van der Waals surface area (Å²) in [7, 11) is 0. The summed E-state index contributed by atoms with van der Waals surface area (Å²) in [4.78, 5) is 0. The third-order valence-electron chi connectivity index (χ3n) is 3.58. The molecule has 17 heavy (non-hydrogen) atoms. The summed E-state index contributed by atoms with van der Waals surface area (Å²) >= 11 is 0. The van der Waals surface area contributed by atoms with E-state index in [0.717, 1.165) is 11.5 Å². The van der Waals surface area contributed by atoms with Crippen LogP contribution in [0.15, 0.2) is 48.5 Å². The van der Waals surface area contributed by atoms with Gasteiger partial charge < -0.3 is 9.47 Å². The molecule has 0 unspecified atom stereocenters. The van der Waals surface area contributed by atoms with Gasteiger partial charge in [-0.15, -0.1) is 0 Å². The molecule has 2 aromatic carbocycles.